The fourth-order valence-corrected chi connectivity index (χ4v) is 2.20. The van der Waals surface area contributed by atoms with Crippen molar-refractivity contribution >= 4 is 18.3 Å². The van der Waals surface area contributed by atoms with E-state index in [0.29, 0.717) is 18.5 Å². The molecule has 1 N–H and O–H groups in total. The van der Waals surface area contributed by atoms with Crippen LogP contribution < -0.4 is 5.32 Å². The number of hydrogen-bond donors (Lipinski definition) is 1. The van der Waals surface area contributed by atoms with Crippen molar-refractivity contribution < 1.29 is 9.18 Å². The van der Waals surface area contributed by atoms with Gasteiger partial charge in [-0.15, -0.1) is 12.4 Å². The molecule has 0 aromatic heterocycles. The highest BCUT2D eigenvalue weighted by Gasteiger charge is 2.18. The monoisotopic (exact) mass is 286 g/mol. The van der Waals surface area contributed by atoms with Gasteiger partial charge in [-0.3, -0.25) is 4.79 Å². The zero-order valence-corrected chi connectivity index (χ0v) is 11.7. The van der Waals surface area contributed by atoms with Crippen molar-refractivity contribution in [2.24, 2.45) is 0 Å². The van der Waals surface area contributed by atoms with Crippen LogP contribution in [0.5, 0.6) is 0 Å². The number of nitrogens with one attached hydrogen (secondary N) is 1. The van der Waals surface area contributed by atoms with E-state index in [1.807, 2.05) is 11.0 Å². The molecule has 0 bridgehead atoms. The first-order valence-corrected chi connectivity index (χ1v) is 6.49. The van der Waals surface area contributed by atoms with Crippen LogP contribution in [0, 0.1) is 5.82 Å². The lowest BCUT2D eigenvalue weighted by Crippen LogP contribution is -2.28. The van der Waals surface area contributed by atoms with Crippen molar-refractivity contribution in [3.05, 3.63) is 35.6 Å². The number of rotatable bonds is 6. The van der Waals surface area contributed by atoms with Crippen molar-refractivity contribution in [2.75, 3.05) is 19.6 Å². The minimum atomic E-state index is -0.167. The van der Waals surface area contributed by atoms with E-state index < -0.39 is 0 Å². The van der Waals surface area contributed by atoms with Crippen molar-refractivity contribution in [2.45, 2.75) is 25.8 Å². The van der Waals surface area contributed by atoms with E-state index in [1.165, 1.54) is 6.07 Å². The quantitative estimate of drug-likeness (QED) is 0.814. The van der Waals surface area contributed by atoms with E-state index >= 15 is 0 Å². The van der Waals surface area contributed by atoms with Gasteiger partial charge in [0.1, 0.15) is 5.82 Å². The molecule has 3 nitrogen and oxygen atoms in total. The minimum absolute atomic E-state index is 0. The van der Waals surface area contributed by atoms with Gasteiger partial charge in [0.15, 0.2) is 0 Å². The number of halogens is 2. The predicted molar refractivity (Wildman–Crippen MR) is 75.8 cm³/mol. The van der Waals surface area contributed by atoms with Gasteiger partial charge < -0.3 is 10.2 Å². The maximum absolute atomic E-state index is 13.3. The minimum Gasteiger partial charge on any atom is -0.343 e. The van der Waals surface area contributed by atoms with Crippen LogP contribution in [0.3, 0.4) is 0 Å². The molecule has 2 rings (SSSR count). The third-order valence-corrected chi connectivity index (χ3v) is 3.23. The van der Waals surface area contributed by atoms with Gasteiger partial charge in [0, 0.05) is 31.6 Å². The molecule has 1 aliphatic rings. The molecule has 0 radical (unpaired) electrons. The Morgan fingerprint density at radius 3 is 2.79 bits per heavy atom. The van der Waals surface area contributed by atoms with Gasteiger partial charge in [-0.05, 0) is 25.5 Å². The molecular weight excluding hydrogens is 267 g/mol. The summed E-state index contributed by atoms with van der Waals surface area (Å²) in [6, 6.07) is 6.78. The van der Waals surface area contributed by atoms with Crippen LogP contribution >= 0.6 is 12.4 Å². The van der Waals surface area contributed by atoms with Crippen LogP contribution in [0.2, 0.25) is 0 Å². The SMILES string of the molecule is Cl.O=C1CCCN1CCCNCc1ccccc1F. The third kappa shape index (κ3) is 4.80. The van der Waals surface area contributed by atoms with E-state index in [9.17, 15) is 9.18 Å². The predicted octanol–water partition coefficient (Wildman–Crippen LogP) is 2.35. The second-order valence-electron chi connectivity index (χ2n) is 4.61. The second-order valence-corrected chi connectivity index (χ2v) is 4.61. The Hall–Kier alpha value is -1.13. The fourth-order valence-electron chi connectivity index (χ4n) is 2.20. The number of benzene rings is 1. The molecule has 1 aliphatic heterocycles. The number of carbonyl (C=O) groups excluding carboxylic acids is 1. The molecule has 0 aliphatic carbocycles. The number of carbonyl (C=O) groups is 1. The summed E-state index contributed by atoms with van der Waals surface area (Å²) in [4.78, 5) is 13.3. The molecule has 5 heteroatoms. The van der Waals surface area contributed by atoms with Gasteiger partial charge >= 0.3 is 0 Å². The molecule has 0 saturated carbocycles. The Morgan fingerprint density at radius 1 is 1.32 bits per heavy atom. The maximum Gasteiger partial charge on any atom is 0.222 e. The second kappa shape index (κ2) is 8.12. The summed E-state index contributed by atoms with van der Waals surface area (Å²) >= 11 is 0. The van der Waals surface area contributed by atoms with E-state index in [2.05, 4.69) is 5.32 Å². The average Bonchev–Trinajstić information content (AvgIpc) is 2.77. The Morgan fingerprint density at radius 2 is 2.11 bits per heavy atom. The Labute approximate surface area is 119 Å². The Balaban J connectivity index is 0.00000180. The third-order valence-electron chi connectivity index (χ3n) is 3.23. The van der Waals surface area contributed by atoms with Gasteiger partial charge in [0.2, 0.25) is 5.91 Å². The molecular formula is C14H20ClFN2O. The fraction of sp³-hybridized carbons (Fsp3) is 0.500. The van der Waals surface area contributed by atoms with Gasteiger partial charge in [-0.1, -0.05) is 18.2 Å². The molecule has 1 fully saturated rings. The lowest BCUT2D eigenvalue weighted by Gasteiger charge is -2.15. The van der Waals surface area contributed by atoms with Crippen LogP contribution in [-0.4, -0.2) is 30.4 Å². The van der Waals surface area contributed by atoms with Crippen LogP contribution in [0.15, 0.2) is 24.3 Å². The first-order chi connectivity index (χ1) is 8.77. The van der Waals surface area contributed by atoms with Crippen molar-refractivity contribution in [3.63, 3.8) is 0 Å². The molecule has 19 heavy (non-hydrogen) atoms. The summed E-state index contributed by atoms with van der Waals surface area (Å²) in [6.07, 6.45) is 2.60. The smallest absolute Gasteiger partial charge is 0.222 e. The Bertz CT molecular complexity index is 414. The molecule has 1 aromatic carbocycles. The average molecular weight is 287 g/mol. The van der Waals surface area contributed by atoms with Crippen LogP contribution in [-0.2, 0) is 11.3 Å². The lowest BCUT2D eigenvalue weighted by molar-refractivity contribution is -0.127. The summed E-state index contributed by atoms with van der Waals surface area (Å²) in [5, 5.41) is 3.20. The van der Waals surface area contributed by atoms with E-state index in [-0.39, 0.29) is 24.1 Å². The summed E-state index contributed by atoms with van der Waals surface area (Å²) < 4.78 is 13.3. The molecule has 1 aromatic rings. The molecule has 1 amide bonds. The summed E-state index contributed by atoms with van der Waals surface area (Å²) in [5.74, 6) is 0.101. The molecule has 1 saturated heterocycles. The highest BCUT2D eigenvalue weighted by atomic mass is 35.5. The first-order valence-electron chi connectivity index (χ1n) is 6.49. The van der Waals surface area contributed by atoms with Gasteiger partial charge in [0.25, 0.3) is 0 Å². The van der Waals surface area contributed by atoms with Crippen LogP contribution in [0.25, 0.3) is 0 Å². The van der Waals surface area contributed by atoms with E-state index in [1.54, 1.807) is 12.1 Å². The first kappa shape index (κ1) is 15.9. The van der Waals surface area contributed by atoms with Crippen LogP contribution in [0.4, 0.5) is 4.39 Å². The number of amides is 1. The molecule has 1 heterocycles. The van der Waals surface area contributed by atoms with Gasteiger partial charge in [-0.25, -0.2) is 4.39 Å². The molecule has 0 spiro atoms. The van der Waals surface area contributed by atoms with Gasteiger partial charge in [0.05, 0.1) is 0 Å². The number of hydrogen-bond acceptors (Lipinski definition) is 2. The lowest BCUT2D eigenvalue weighted by atomic mass is 10.2. The molecule has 0 atom stereocenters. The standard InChI is InChI=1S/C14H19FN2O.ClH/c15-13-6-2-1-5-12(13)11-16-8-4-10-17-9-3-7-14(17)18;/h1-2,5-6,16H,3-4,7-11H2;1H. The largest absolute Gasteiger partial charge is 0.343 e. The summed E-state index contributed by atoms with van der Waals surface area (Å²) in [5.41, 5.74) is 0.690. The topological polar surface area (TPSA) is 32.3 Å². The highest BCUT2D eigenvalue weighted by Crippen LogP contribution is 2.09. The highest BCUT2D eigenvalue weighted by molar-refractivity contribution is 5.85. The summed E-state index contributed by atoms with van der Waals surface area (Å²) in [7, 11) is 0. The zero-order valence-electron chi connectivity index (χ0n) is 10.9. The maximum atomic E-state index is 13.3. The molecule has 0 unspecified atom stereocenters. The van der Waals surface area contributed by atoms with Crippen molar-refractivity contribution in [1.29, 1.82) is 0 Å². The number of nitrogens with zero attached hydrogens (tertiary/aromatic N) is 1. The normalized spacial score (nSPS) is 14.6. The van der Waals surface area contributed by atoms with Crippen molar-refractivity contribution in [3.8, 4) is 0 Å². The molecule has 106 valence electrons. The zero-order chi connectivity index (χ0) is 12.8. The Kier molecular flexibility index (Phi) is 6.81. The van der Waals surface area contributed by atoms with Gasteiger partial charge in [-0.2, -0.15) is 0 Å². The van der Waals surface area contributed by atoms with Crippen LogP contribution in [0.1, 0.15) is 24.8 Å². The van der Waals surface area contributed by atoms with E-state index in [4.69, 9.17) is 0 Å². The summed E-state index contributed by atoms with van der Waals surface area (Å²) in [6.45, 7) is 3.05. The number of likely N-dealkylation sites (tertiary alicyclic amines) is 1. The van der Waals surface area contributed by atoms with E-state index in [0.717, 1.165) is 32.5 Å². The van der Waals surface area contributed by atoms with Crippen molar-refractivity contribution in [1.82, 2.24) is 10.2 Å².